The minimum atomic E-state index is -2.08. The Morgan fingerprint density at radius 2 is 1.65 bits per heavy atom. The Bertz CT molecular complexity index is 1230. The van der Waals surface area contributed by atoms with Gasteiger partial charge in [0.05, 0.1) is 39.1 Å². The number of alkyl halides is 1. The Kier molecular flexibility index (Phi) is 11.3. The molecule has 5 unspecified atom stereocenters. The summed E-state index contributed by atoms with van der Waals surface area (Å²) in [5.74, 6) is -2.56. The molecule has 0 heterocycles. The van der Waals surface area contributed by atoms with E-state index in [0.717, 1.165) is 0 Å². The summed E-state index contributed by atoms with van der Waals surface area (Å²) in [6.07, 6.45) is 2.33. The fourth-order valence-corrected chi connectivity index (χ4v) is 8.30. The van der Waals surface area contributed by atoms with Crippen LogP contribution in [-0.2, 0) is 28.5 Å². The van der Waals surface area contributed by atoms with Crippen LogP contribution in [0.5, 0.6) is 0 Å². The van der Waals surface area contributed by atoms with Crippen LogP contribution in [0.4, 0.5) is 14.0 Å². The molecule has 13 nitrogen and oxygen atoms in total. The zero-order valence-corrected chi connectivity index (χ0v) is 26.7. The second kappa shape index (κ2) is 14.5. The molecule has 8 atom stereocenters. The second-order valence-electron chi connectivity index (χ2n) is 13.1. The Labute approximate surface area is 267 Å². The summed E-state index contributed by atoms with van der Waals surface area (Å²) in [7, 11) is 0. The highest BCUT2D eigenvalue weighted by molar-refractivity contribution is 5.94. The molecular formula is C32H47FN2O11. The van der Waals surface area contributed by atoms with Crippen LogP contribution in [0.1, 0.15) is 46.5 Å². The zero-order valence-electron chi connectivity index (χ0n) is 26.7. The summed E-state index contributed by atoms with van der Waals surface area (Å²) in [5, 5.41) is 37.0. The lowest BCUT2D eigenvalue weighted by Gasteiger charge is -2.62. The highest BCUT2D eigenvalue weighted by Crippen LogP contribution is 2.70. The Morgan fingerprint density at radius 3 is 2.33 bits per heavy atom. The Morgan fingerprint density at radius 1 is 1.00 bits per heavy atom. The van der Waals surface area contributed by atoms with Crippen molar-refractivity contribution in [3.05, 3.63) is 23.8 Å². The van der Waals surface area contributed by atoms with Gasteiger partial charge in [-0.25, -0.2) is 14.0 Å². The maximum Gasteiger partial charge on any atom is 0.407 e. The van der Waals surface area contributed by atoms with Crippen molar-refractivity contribution in [2.24, 2.45) is 28.6 Å². The van der Waals surface area contributed by atoms with Gasteiger partial charge in [-0.1, -0.05) is 31.6 Å². The van der Waals surface area contributed by atoms with Gasteiger partial charge < -0.3 is 44.9 Å². The number of ketones is 2. The molecule has 2 amide bonds. The second-order valence-corrected chi connectivity index (χ2v) is 13.1. The minimum absolute atomic E-state index is 0.0229. The van der Waals surface area contributed by atoms with Gasteiger partial charge in [-0.15, -0.1) is 0 Å². The number of rotatable bonds is 14. The maximum atomic E-state index is 17.3. The van der Waals surface area contributed by atoms with Crippen molar-refractivity contribution in [3.8, 4) is 0 Å². The number of carbonyl (C=O) groups is 4. The van der Waals surface area contributed by atoms with E-state index in [1.165, 1.54) is 6.08 Å². The molecule has 0 radical (unpaired) electrons. The van der Waals surface area contributed by atoms with E-state index < -0.39 is 70.5 Å². The van der Waals surface area contributed by atoms with E-state index in [1.54, 1.807) is 26.8 Å². The first kappa shape index (κ1) is 35.9. The van der Waals surface area contributed by atoms with Gasteiger partial charge in [0, 0.05) is 36.3 Å². The number of Topliss-reactive ketones (excluding diaryl/α,β-unsaturated/α-hetero) is 1. The molecule has 0 spiro atoms. The third kappa shape index (κ3) is 6.46. The Balaban J connectivity index is 1.24. The number of aliphatic hydroxyl groups is 3. The fourth-order valence-electron chi connectivity index (χ4n) is 8.30. The summed E-state index contributed by atoms with van der Waals surface area (Å²) >= 11 is 0. The third-order valence-corrected chi connectivity index (χ3v) is 10.7. The number of fused-ring (bicyclic) bond motifs is 5. The number of hydrogen-bond acceptors (Lipinski definition) is 11. The molecule has 46 heavy (non-hydrogen) atoms. The predicted molar refractivity (Wildman–Crippen MR) is 160 cm³/mol. The molecule has 4 aliphatic rings. The van der Waals surface area contributed by atoms with Crippen molar-refractivity contribution in [2.45, 2.75) is 63.8 Å². The maximum absolute atomic E-state index is 17.3. The highest BCUT2D eigenvalue weighted by atomic mass is 19.1. The van der Waals surface area contributed by atoms with E-state index in [4.69, 9.17) is 24.1 Å². The third-order valence-electron chi connectivity index (χ3n) is 10.7. The van der Waals surface area contributed by atoms with E-state index in [9.17, 15) is 29.4 Å². The largest absolute Gasteiger partial charge is 0.447 e. The molecule has 0 aromatic carbocycles. The molecule has 0 aromatic heterocycles. The normalized spacial score (nSPS) is 36.2. The predicted octanol–water partition coefficient (Wildman–Crippen LogP) is 1.38. The van der Waals surface area contributed by atoms with E-state index in [-0.39, 0.29) is 77.8 Å². The lowest BCUT2D eigenvalue weighted by Crippen LogP contribution is -2.69. The van der Waals surface area contributed by atoms with Gasteiger partial charge in [0.1, 0.15) is 12.2 Å². The van der Waals surface area contributed by atoms with Gasteiger partial charge in [-0.2, -0.15) is 0 Å². The number of nitrogens with one attached hydrogen (secondary N) is 2. The van der Waals surface area contributed by atoms with Crippen molar-refractivity contribution >= 4 is 23.8 Å². The van der Waals surface area contributed by atoms with Crippen LogP contribution in [0.3, 0.4) is 0 Å². The smallest absolute Gasteiger partial charge is 0.407 e. The summed E-state index contributed by atoms with van der Waals surface area (Å²) in [5.41, 5.74) is -5.76. The van der Waals surface area contributed by atoms with Crippen LogP contribution < -0.4 is 10.6 Å². The molecule has 0 saturated heterocycles. The molecule has 0 aliphatic heterocycles. The molecule has 5 N–H and O–H groups in total. The summed E-state index contributed by atoms with van der Waals surface area (Å²) in [6, 6.07) is 0. The van der Waals surface area contributed by atoms with E-state index >= 15 is 4.39 Å². The molecule has 4 aliphatic carbocycles. The average Bonchev–Trinajstić information content (AvgIpc) is 3.21. The molecule has 4 rings (SSSR count). The standard InChI is InChI=1S/C32H47FN2O11/c1-20-16-24-23-5-4-21-17-22(37)6-7-29(21,2)31(23,33)25(38)18-30(24,3)32(20,42)26(39)19-46-28(41)35-9-12-44-14-15-45-27(40)34-8-11-43-13-10-36/h4,6-7,20,23-25,36,38,42H,5,8-19H2,1-3H3,(H,34,40)(H,35,41)/t20-,23?,24?,25?,29?,30?,31+,32+/m1/s1. The van der Waals surface area contributed by atoms with Crippen LogP contribution in [-0.4, -0.2) is 116 Å². The number of hydrogen-bond donors (Lipinski definition) is 5. The van der Waals surface area contributed by atoms with Crippen LogP contribution in [0.2, 0.25) is 0 Å². The average molecular weight is 655 g/mol. The molecule has 2 saturated carbocycles. The summed E-state index contributed by atoms with van der Waals surface area (Å²) < 4.78 is 37.6. The van der Waals surface area contributed by atoms with E-state index in [2.05, 4.69) is 10.6 Å². The van der Waals surface area contributed by atoms with Crippen LogP contribution in [0, 0.1) is 28.6 Å². The van der Waals surface area contributed by atoms with Crippen molar-refractivity contribution in [2.75, 3.05) is 59.3 Å². The molecule has 0 bridgehead atoms. The van der Waals surface area contributed by atoms with Gasteiger partial charge in [-0.05, 0) is 44.1 Å². The van der Waals surface area contributed by atoms with Crippen molar-refractivity contribution in [1.29, 1.82) is 0 Å². The first-order chi connectivity index (χ1) is 21.8. The number of carbonyl (C=O) groups excluding carboxylic acids is 4. The number of halogens is 1. The molecule has 0 aromatic rings. The van der Waals surface area contributed by atoms with Gasteiger partial charge >= 0.3 is 12.2 Å². The molecule has 258 valence electrons. The minimum Gasteiger partial charge on any atom is -0.447 e. The van der Waals surface area contributed by atoms with Gasteiger partial charge in [0.15, 0.2) is 18.1 Å². The quantitative estimate of drug-likeness (QED) is 0.134. The fraction of sp³-hybridized carbons (Fsp3) is 0.750. The van der Waals surface area contributed by atoms with Gasteiger partial charge in [0.2, 0.25) is 5.78 Å². The first-order valence-electron chi connectivity index (χ1n) is 15.9. The van der Waals surface area contributed by atoms with Gasteiger partial charge in [-0.3, -0.25) is 9.59 Å². The SMILES string of the molecule is C[C@@H]1CC2C3CC=C4CC(=O)C=CC4(C)[C@@]3(F)C(O)CC2(C)[C@@]1(O)C(=O)COC(=O)NCCOCCOC(=O)NCCOCCO. The number of ether oxygens (including phenoxy) is 4. The lowest BCUT2D eigenvalue weighted by atomic mass is 9.45. The van der Waals surface area contributed by atoms with Crippen molar-refractivity contribution < 1.29 is 57.8 Å². The monoisotopic (exact) mass is 654 g/mol. The first-order valence-corrected chi connectivity index (χ1v) is 15.9. The van der Waals surface area contributed by atoms with Crippen molar-refractivity contribution in [1.82, 2.24) is 10.6 Å². The summed E-state index contributed by atoms with van der Waals surface area (Å²) in [4.78, 5) is 49.4. The molecule has 14 heteroatoms. The Hall–Kier alpha value is -2.91. The summed E-state index contributed by atoms with van der Waals surface area (Å²) in [6.45, 7) is 5.14. The molecule has 2 fully saturated rings. The van der Waals surface area contributed by atoms with Crippen molar-refractivity contribution in [3.63, 3.8) is 0 Å². The van der Waals surface area contributed by atoms with Gasteiger partial charge in [0.25, 0.3) is 0 Å². The number of amides is 2. The topological polar surface area (TPSA) is 190 Å². The van der Waals surface area contributed by atoms with E-state index in [0.29, 0.717) is 12.0 Å². The lowest BCUT2D eigenvalue weighted by molar-refractivity contribution is -0.215. The van der Waals surface area contributed by atoms with Crippen LogP contribution in [0.15, 0.2) is 23.8 Å². The van der Waals surface area contributed by atoms with Crippen LogP contribution >= 0.6 is 0 Å². The molecular weight excluding hydrogens is 607 g/mol. The highest BCUT2D eigenvalue weighted by Gasteiger charge is 2.75. The number of aliphatic hydroxyl groups excluding tert-OH is 2. The van der Waals surface area contributed by atoms with E-state index in [1.807, 2.05) is 6.08 Å². The zero-order chi connectivity index (χ0) is 33.8. The van der Waals surface area contributed by atoms with Crippen LogP contribution in [0.25, 0.3) is 0 Å². The number of allylic oxidation sites excluding steroid dienone is 4. The number of alkyl carbamates (subject to hydrolysis) is 2.